The Labute approximate surface area is 121 Å². The fourth-order valence-electron chi connectivity index (χ4n) is 0.385. The van der Waals surface area contributed by atoms with E-state index < -0.39 is 5.97 Å². The van der Waals surface area contributed by atoms with E-state index >= 15 is 0 Å². The van der Waals surface area contributed by atoms with Gasteiger partial charge in [0.2, 0.25) is 0 Å². The van der Waals surface area contributed by atoms with Gasteiger partial charge in [0.05, 0.1) is 6.07 Å². The minimum absolute atomic E-state index is 0.176. The molecule has 0 spiro atoms. The molecule has 0 saturated carbocycles. The number of allylic oxidation sites excluding steroid dienone is 3. The maximum Gasteiger partial charge on any atom is 0.330 e. The van der Waals surface area contributed by atoms with Crippen molar-refractivity contribution in [3.8, 4) is 6.07 Å². The third-order valence-corrected chi connectivity index (χ3v) is 1.29. The molecule has 0 aliphatic carbocycles. The van der Waals surface area contributed by atoms with Gasteiger partial charge in [-0.2, -0.15) is 5.26 Å². The van der Waals surface area contributed by atoms with Crippen LogP contribution in [0.2, 0.25) is 0 Å². The molecule has 0 atom stereocenters. The fourth-order valence-corrected chi connectivity index (χ4v) is 0.385. The van der Waals surface area contributed by atoms with Crippen LogP contribution in [0.1, 0.15) is 6.92 Å². The molecule has 3 heteroatoms. The Balaban J connectivity index is -0.000000197. The van der Waals surface area contributed by atoms with E-state index in [2.05, 4.69) is 26.3 Å². The molecule has 0 aromatic heterocycles. The highest BCUT2D eigenvalue weighted by Crippen LogP contribution is 1.81. The molecule has 0 heterocycles. The van der Waals surface area contributed by atoms with E-state index in [1.54, 1.807) is 18.2 Å². The van der Waals surface area contributed by atoms with E-state index in [0.29, 0.717) is 0 Å². The molecule has 0 amide bonds. The zero-order chi connectivity index (χ0) is 16.2. The predicted molar refractivity (Wildman–Crippen MR) is 85.1 cm³/mol. The van der Waals surface area contributed by atoms with Crippen molar-refractivity contribution in [2.75, 3.05) is 0 Å². The first-order chi connectivity index (χ1) is 9.47. The van der Waals surface area contributed by atoms with Gasteiger partial charge in [0.15, 0.2) is 0 Å². The van der Waals surface area contributed by atoms with Crippen LogP contribution in [-0.2, 0) is 4.79 Å². The number of nitriles is 1. The lowest BCUT2D eigenvalue weighted by molar-refractivity contribution is -0.132. The van der Waals surface area contributed by atoms with E-state index in [1.165, 1.54) is 13.0 Å². The summed E-state index contributed by atoms with van der Waals surface area (Å²) in [5.74, 6) is -0.935. The highest BCUT2D eigenvalue weighted by atomic mass is 16.4. The molecule has 106 valence electrons. The van der Waals surface area contributed by atoms with Crippen molar-refractivity contribution in [1.82, 2.24) is 0 Å². The van der Waals surface area contributed by atoms with E-state index in [9.17, 15) is 4.79 Å². The SMILES string of the molecule is C=C(C)C(=O)O.C=CC#N.C=CC=C.c1ccccc1. The summed E-state index contributed by atoms with van der Waals surface area (Å²) in [6.45, 7) is 14.4. The standard InChI is InChI=1S/C6H6.C4H6O2.C4H6.C3H3N/c1-2-4-6-5-3-1;1-3(2)4(5)6;1-3-4-2;1-2-3-4/h1-6H;1H2,2H3,(H,5,6);3-4H,1-2H2;2H,1H2. The molecule has 0 radical (unpaired) electrons. The van der Waals surface area contributed by atoms with Crippen LogP contribution in [0.3, 0.4) is 0 Å². The summed E-state index contributed by atoms with van der Waals surface area (Å²) in [6.07, 6.45) is 4.46. The minimum Gasteiger partial charge on any atom is -0.478 e. The average Bonchev–Trinajstić information content (AvgIpc) is 2.50. The van der Waals surface area contributed by atoms with Crippen LogP contribution in [0, 0.1) is 11.3 Å². The highest BCUT2D eigenvalue weighted by Gasteiger charge is 1.90. The van der Waals surface area contributed by atoms with Crippen molar-refractivity contribution < 1.29 is 9.90 Å². The van der Waals surface area contributed by atoms with E-state index in [0.717, 1.165) is 0 Å². The van der Waals surface area contributed by atoms with Crippen molar-refractivity contribution in [2.45, 2.75) is 6.92 Å². The highest BCUT2D eigenvalue weighted by molar-refractivity contribution is 5.84. The molecular formula is C17H21NO2. The number of carboxylic acids is 1. The predicted octanol–water partition coefficient (Wildman–Crippen LogP) is 4.39. The Morgan fingerprint density at radius 3 is 1.30 bits per heavy atom. The summed E-state index contributed by atoms with van der Waals surface area (Å²) < 4.78 is 0. The Morgan fingerprint density at radius 2 is 1.25 bits per heavy atom. The molecule has 0 unspecified atom stereocenters. The number of benzene rings is 1. The maximum atomic E-state index is 9.60. The molecule has 1 N–H and O–H groups in total. The Kier molecular flexibility index (Phi) is 23.9. The van der Waals surface area contributed by atoms with Gasteiger partial charge in [-0.1, -0.05) is 74.9 Å². The van der Waals surface area contributed by atoms with Crippen LogP contribution in [0.5, 0.6) is 0 Å². The van der Waals surface area contributed by atoms with Gasteiger partial charge >= 0.3 is 5.97 Å². The summed E-state index contributed by atoms with van der Waals surface area (Å²) in [5, 5.41) is 15.4. The molecule has 3 nitrogen and oxygen atoms in total. The second-order valence-corrected chi connectivity index (χ2v) is 3.04. The Bertz CT molecular complexity index is 383. The average molecular weight is 271 g/mol. The molecule has 1 rings (SSSR count). The largest absolute Gasteiger partial charge is 0.478 e. The fraction of sp³-hybridized carbons (Fsp3) is 0.0588. The number of rotatable bonds is 2. The maximum absolute atomic E-state index is 9.60. The zero-order valence-corrected chi connectivity index (χ0v) is 11.8. The van der Waals surface area contributed by atoms with Gasteiger partial charge in [-0.25, -0.2) is 4.79 Å². The lowest BCUT2D eigenvalue weighted by Crippen LogP contribution is -1.92. The second-order valence-electron chi connectivity index (χ2n) is 3.04. The molecule has 1 aromatic rings. The van der Waals surface area contributed by atoms with Crippen molar-refractivity contribution in [3.05, 3.63) is 86.5 Å². The van der Waals surface area contributed by atoms with Crippen LogP contribution in [0.15, 0.2) is 86.5 Å². The quantitative estimate of drug-likeness (QED) is 0.493. The Hall–Kier alpha value is -2.86. The first-order valence-electron chi connectivity index (χ1n) is 5.60. The molecule has 0 saturated heterocycles. The summed E-state index contributed by atoms with van der Waals surface area (Å²) in [5.41, 5.74) is 0.176. The molecular weight excluding hydrogens is 250 g/mol. The van der Waals surface area contributed by atoms with E-state index in [1.807, 2.05) is 36.4 Å². The third kappa shape index (κ3) is 36.2. The van der Waals surface area contributed by atoms with Gasteiger partial charge in [-0.3, -0.25) is 0 Å². The number of aliphatic carboxylic acids is 1. The number of nitrogens with zero attached hydrogens (tertiary/aromatic N) is 1. The number of hydrogen-bond acceptors (Lipinski definition) is 2. The number of carbonyl (C=O) groups is 1. The lowest BCUT2D eigenvalue weighted by atomic mass is 10.4. The molecule has 0 aliphatic heterocycles. The molecule has 20 heavy (non-hydrogen) atoms. The van der Waals surface area contributed by atoms with E-state index in [4.69, 9.17) is 10.4 Å². The topological polar surface area (TPSA) is 61.1 Å². The second kappa shape index (κ2) is 21.4. The minimum atomic E-state index is -0.935. The van der Waals surface area contributed by atoms with E-state index in [-0.39, 0.29) is 5.57 Å². The van der Waals surface area contributed by atoms with Gasteiger partial charge in [0.25, 0.3) is 0 Å². The normalized spacial score (nSPS) is 6.40. The lowest BCUT2D eigenvalue weighted by Gasteiger charge is -1.79. The third-order valence-electron chi connectivity index (χ3n) is 1.29. The van der Waals surface area contributed by atoms with Crippen molar-refractivity contribution in [2.24, 2.45) is 0 Å². The van der Waals surface area contributed by atoms with Gasteiger partial charge in [0, 0.05) is 11.6 Å². The number of hydrogen-bond donors (Lipinski definition) is 1. The van der Waals surface area contributed by atoms with Crippen LogP contribution >= 0.6 is 0 Å². The van der Waals surface area contributed by atoms with Gasteiger partial charge in [-0.05, 0) is 6.92 Å². The van der Waals surface area contributed by atoms with Crippen LogP contribution in [0.25, 0.3) is 0 Å². The monoisotopic (exact) mass is 271 g/mol. The molecule has 0 aliphatic rings. The Morgan fingerprint density at radius 1 is 1.05 bits per heavy atom. The molecule has 1 aromatic carbocycles. The summed E-state index contributed by atoms with van der Waals surface area (Å²) >= 11 is 0. The van der Waals surface area contributed by atoms with Crippen molar-refractivity contribution in [3.63, 3.8) is 0 Å². The zero-order valence-electron chi connectivity index (χ0n) is 11.8. The smallest absolute Gasteiger partial charge is 0.330 e. The molecule has 0 fully saturated rings. The van der Waals surface area contributed by atoms with Crippen LogP contribution in [0.4, 0.5) is 0 Å². The first-order valence-corrected chi connectivity index (χ1v) is 5.60. The summed E-state index contributed by atoms with van der Waals surface area (Å²) in [7, 11) is 0. The summed E-state index contributed by atoms with van der Waals surface area (Å²) in [6, 6.07) is 13.7. The molecule has 0 bridgehead atoms. The summed E-state index contributed by atoms with van der Waals surface area (Å²) in [4.78, 5) is 9.60. The van der Waals surface area contributed by atoms with Crippen LogP contribution in [-0.4, -0.2) is 11.1 Å². The van der Waals surface area contributed by atoms with Gasteiger partial charge < -0.3 is 5.11 Å². The number of carboxylic acid groups (broad SMARTS) is 1. The van der Waals surface area contributed by atoms with Gasteiger partial charge in [-0.15, -0.1) is 0 Å². The van der Waals surface area contributed by atoms with Gasteiger partial charge in [0.1, 0.15) is 0 Å². The van der Waals surface area contributed by atoms with Crippen LogP contribution < -0.4 is 0 Å². The van der Waals surface area contributed by atoms with Crippen molar-refractivity contribution >= 4 is 5.97 Å². The first kappa shape index (κ1) is 22.3. The van der Waals surface area contributed by atoms with Crippen molar-refractivity contribution in [1.29, 1.82) is 5.26 Å².